The molecule has 1 aliphatic carbocycles. The smallest absolute Gasteiger partial charge is 0.248 e. The molecule has 1 aromatic carbocycles. The molecule has 0 spiro atoms. The second kappa shape index (κ2) is 6.26. The molecule has 2 N–H and O–H groups in total. The molecule has 0 radical (unpaired) electrons. The van der Waals surface area contributed by atoms with Crippen LogP contribution in [-0.2, 0) is 10.2 Å². The Morgan fingerprint density at radius 2 is 2.00 bits per heavy atom. The van der Waals surface area contributed by atoms with E-state index in [2.05, 4.69) is 20.8 Å². The molecule has 24 heavy (non-hydrogen) atoms. The monoisotopic (exact) mass is 328 g/mol. The van der Waals surface area contributed by atoms with Crippen LogP contribution in [0.3, 0.4) is 0 Å². The summed E-state index contributed by atoms with van der Waals surface area (Å²) in [4.78, 5) is 16.3. The predicted molar refractivity (Wildman–Crippen MR) is 92.8 cm³/mol. The molecule has 2 aromatic rings. The van der Waals surface area contributed by atoms with Crippen molar-refractivity contribution in [1.82, 2.24) is 10.1 Å². The lowest BCUT2D eigenvalue weighted by Crippen LogP contribution is -2.14. The summed E-state index contributed by atoms with van der Waals surface area (Å²) in [5.41, 5.74) is 1.55. The lowest BCUT2D eigenvalue weighted by Gasteiger charge is -2.13. The van der Waals surface area contributed by atoms with E-state index < -0.39 is 0 Å². The van der Waals surface area contributed by atoms with Gasteiger partial charge in [-0.25, -0.2) is 0 Å². The Bertz CT molecular complexity index is 729. The SMILES string of the molecule is CC(Nc1cccc(NC(=O)C2CC2)c1)c1nc(C(C)(C)C)no1. The van der Waals surface area contributed by atoms with Gasteiger partial charge in [0.2, 0.25) is 11.8 Å². The number of hydrogen-bond acceptors (Lipinski definition) is 5. The summed E-state index contributed by atoms with van der Waals surface area (Å²) < 4.78 is 5.37. The van der Waals surface area contributed by atoms with Crippen molar-refractivity contribution in [2.75, 3.05) is 10.6 Å². The number of carbonyl (C=O) groups excluding carboxylic acids is 1. The van der Waals surface area contributed by atoms with E-state index in [9.17, 15) is 4.79 Å². The molecule has 0 bridgehead atoms. The van der Waals surface area contributed by atoms with Gasteiger partial charge in [-0.1, -0.05) is 32.0 Å². The highest BCUT2D eigenvalue weighted by Crippen LogP contribution is 2.30. The van der Waals surface area contributed by atoms with E-state index in [1.165, 1.54) is 0 Å². The van der Waals surface area contributed by atoms with Crippen molar-refractivity contribution in [2.45, 2.75) is 52.0 Å². The highest BCUT2D eigenvalue weighted by molar-refractivity contribution is 5.94. The van der Waals surface area contributed by atoms with E-state index in [1.807, 2.05) is 52.0 Å². The van der Waals surface area contributed by atoms with Crippen LogP contribution in [0.15, 0.2) is 28.8 Å². The molecule has 1 atom stereocenters. The first kappa shape index (κ1) is 16.5. The van der Waals surface area contributed by atoms with Gasteiger partial charge in [-0.05, 0) is 38.0 Å². The number of nitrogens with one attached hydrogen (secondary N) is 2. The molecule has 1 fully saturated rings. The van der Waals surface area contributed by atoms with E-state index in [0.29, 0.717) is 11.7 Å². The lowest BCUT2D eigenvalue weighted by molar-refractivity contribution is -0.117. The fourth-order valence-electron chi connectivity index (χ4n) is 2.30. The summed E-state index contributed by atoms with van der Waals surface area (Å²) in [7, 11) is 0. The average molecular weight is 328 g/mol. The second-order valence-electron chi connectivity index (χ2n) is 7.42. The molecule has 128 valence electrons. The quantitative estimate of drug-likeness (QED) is 0.870. The van der Waals surface area contributed by atoms with E-state index in [4.69, 9.17) is 4.52 Å². The van der Waals surface area contributed by atoms with Crippen LogP contribution in [0.2, 0.25) is 0 Å². The van der Waals surface area contributed by atoms with Crippen LogP contribution in [0.1, 0.15) is 58.3 Å². The Labute approximate surface area is 142 Å². The van der Waals surface area contributed by atoms with Crippen molar-refractivity contribution >= 4 is 17.3 Å². The summed E-state index contributed by atoms with van der Waals surface area (Å²) in [6, 6.07) is 7.54. The van der Waals surface area contributed by atoms with E-state index in [0.717, 1.165) is 24.2 Å². The summed E-state index contributed by atoms with van der Waals surface area (Å²) in [5, 5.41) is 10.3. The van der Waals surface area contributed by atoms with Crippen LogP contribution in [0.25, 0.3) is 0 Å². The van der Waals surface area contributed by atoms with Gasteiger partial charge in [-0.15, -0.1) is 0 Å². The molecule has 0 saturated heterocycles. The summed E-state index contributed by atoms with van der Waals surface area (Å²) in [6.07, 6.45) is 1.99. The lowest BCUT2D eigenvalue weighted by atomic mass is 9.96. The average Bonchev–Trinajstić information content (AvgIpc) is 3.22. The minimum atomic E-state index is -0.144. The Balaban J connectivity index is 1.66. The first-order chi connectivity index (χ1) is 11.3. The number of hydrogen-bond donors (Lipinski definition) is 2. The molecule has 3 rings (SSSR count). The van der Waals surface area contributed by atoms with Gasteiger partial charge >= 0.3 is 0 Å². The number of nitrogens with zero attached hydrogens (tertiary/aromatic N) is 2. The molecule has 1 amide bonds. The van der Waals surface area contributed by atoms with Crippen LogP contribution in [0, 0.1) is 5.92 Å². The van der Waals surface area contributed by atoms with Crippen molar-refractivity contribution in [1.29, 1.82) is 0 Å². The molecule has 1 saturated carbocycles. The second-order valence-corrected chi connectivity index (χ2v) is 7.42. The summed E-state index contributed by atoms with van der Waals surface area (Å²) in [6.45, 7) is 8.11. The zero-order valence-electron chi connectivity index (χ0n) is 14.6. The summed E-state index contributed by atoms with van der Waals surface area (Å²) >= 11 is 0. The Morgan fingerprint density at radius 1 is 1.29 bits per heavy atom. The largest absolute Gasteiger partial charge is 0.374 e. The van der Waals surface area contributed by atoms with Crippen molar-refractivity contribution in [2.24, 2.45) is 5.92 Å². The summed E-state index contributed by atoms with van der Waals surface area (Å²) in [5.74, 6) is 1.53. The maximum absolute atomic E-state index is 11.9. The normalized spacial score (nSPS) is 15.8. The molecule has 1 aromatic heterocycles. The first-order valence-electron chi connectivity index (χ1n) is 8.34. The molecule has 6 nitrogen and oxygen atoms in total. The van der Waals surface area contributed by atoms with Gasteiger partial charge in [-0.2, -0.15) is 4.98 Å². The highest BCUT2D eigenvalue weighted by Gasteiger charge is 2.29. The van der Waals surface area contributed by atoms with Gasteiger partial charge in [0.1, 0.15) is 6.04 Å². The van der Waals surface area contributed by atoms with Gasteiger partial charge in [0.25, 0.3) is 0 Å². The van der Waals surface area contributed by atoms with Gasteiger partial charge < -0.3 is 15.2 Å². The number of amides is 1. The van der Waals surface area contributed by atoms with Gasteiger partial charge in [0, 0.05) is 22.7 Å². The fourth-order valence-corrected chi connectivity index (χ4v) is 2.30. The Kier molecular flexibility index (Phi) is 4.30. The van der Waals surface area contributed by atoms with Crippen LogP contribution in [0.5, 0.6) is 0 Å². The zero-order chi connectivity index (χ0) is 17.3. The fraction of sp³-hybridized carbons (Fsp3) is 0.500. The van der Waals surface area contributed by atoms with Crippen molar-refractivity contribution < 1.29 is 9.32 Å². The van der Waals surface area contributed by atoms with Crippen LogP contribution >= 0.6 is 0 Å². The van der Waals surface area contributed by atoms with Gasteiger partial charge in [-0.3, -0.25) is 4.79 Å². The Morgan fingerprint density at radius 3 is 2.62 bits per heavy atom. The maximum atomic E-state index is 11.9. The van der Waals surface area contributed by atoms with Crippen molar-refractivity contribution in [3.63, 3.8) is 0 Å². The zero-order valence-corrected chi connectivity index (χ0v) is 14.6. The third kappa shape index (κ3) is 3.93. The number of aromatic nitrogens is 2. The third-order valence-corrected chi connectivity index (χ3v) is 3.94. The number of benzene rings is 1. The van der Waals surface area contributed by atoms with E-state index >= 15 is 0 Å². The molecular formula is C18H24N4O2. The molecular weight excluding hydrogens is 304 g/mol. The molecule has 0 aliphatic heterocycles. The molecule has 6 heteroatoms. The van der Waals surface area contributed by atoms with E-state index in [-0.39, 0.29) is 23.3 Å². The number of anilines is 2. The van der Waals surface area contributed by atoms with Crippen molar-refractivity contribution in [3.8, 4) is 0 Å². The minimum Gasteiger partial charge on any atom is -0.374 e. The molecule has 1 aliphatic rings. The first-order valence-corrected chi connectivity index (χ1v) is 8.34. The van der Waals surface area contributed by atoms with Gasteiger partial charge in [0.15, 0.2) is 5.82 Å². The standard InChI is InChI=1S/C18H24N4O2/c1-11(16-21-17(22-24-16)18(2,3)4)19-13-6-5-7-14(10-13)20-15(23)12-8-9-12/h5-7,10-12,19H,8-9H2,1-4H3,(H,20,23). The van der Waals surface area contributed by atoms with E-state index in [1.54, 1.807) is 0 Å². The molecule has 1 heterocycles. The maximum Gasteiger partial charge on any atom is 0.248 e. The van der Waals surface area contributed by atoms with Crippen LogP contribution in [-0.4, -0.2) is 16.0 Å². The van der Waals surface area contributed by atoms with Crippen LogP contribution < -0.4 is 10.6 Å². The van der Waals surface area contributed by atoms with Crippen molar-refractivity contribution in [3.05, 3.63) is 36.0 Å². The third-order valence-electron chi connectivity index (χ3n) is 3.94. The predicted octanol–water partition coefficient (Wildman–Crippen LogP) is 3.89. The highest BCUT2D eigenvalue weighted by atomic mass is 16.5. The minimum absolute atomic E-state index is 0.104. The molecule has 1 unspecified atom stereocenters. The van der Waals surface area contributed by atoms with Gasteiger partial charge in [0.05, 0.1) is 0 Å². The number of carbonyl (C=O) groups is 1. The topological polar surface area (TPSA) is 80.0 Å². The number of rotatable bonds is 5. The Hall–Kier alpha value is -2.37. The van der Waals surface area contributed by atoms with Crippen LogP contribution in [0.4, 0.5) is 11.4 Å².